The van der Waals surface area contributed by atoms with Crippen molar-refractivity contribution in [3.05, 3.63) is 95.2 Å². The van der Waals surface area contributed by atoms with E-state index in [1.165, 1.54) is 0 Å². The predicted molar refractivity (Wildman–Crippen MR) is 101 cm³/mol. The SMILES string of the molecule is O=c1cc2n(-c3ccccc3)c3ccccc3nc-2c2ccccc12. The molecular formula is C22H14N2O. The van der Waals surface area contributed by atoms with E-state index >= 15 is 0 Å². The Bertz CT molecular complexity index is 1260. The van der Waals surface area contributed by atoms with Gasteiger partial charge in [-0.3, -0.25) is 4.79 Å². The van der Waals surface area contributed by atoms with E-state index in [1.807, 2.05) is 78.9 Å². The zero-order chi connectivity index (χ0) is 16.8. The van der Waals surface area contributed by atoms with Gasteiger partial charge in [-0.2, -0.15) is 0 Å². The van der Waals surface area contributed by atoms with Crippen LogP contribution in [0.2, 0.25) is 0 Å². The molecule has 0 fully saturated rings. The smallest absolute Gasteiger partial charge is 0.188 e. The molecule has 0 radical (unpaired) electrons. The lowest BCUT2D eigenvalue weighted by Crippen LogP contribution is -2.11. The standard InChI is InChI=1S/C22H14N2O/c25-21-14-20-22(17-11-5-4-10-16(17)21)23-18-12-6-7-13-19(18)24(20)15-8-2-1-3-9-15/h1-14H. The Balaban J connectivity index is 2.07. The molecule has 3 nitrogen and oxygen atoms in total. The number of hydrogen-bond donors (Lipinski definition) is 0. The summed E-state index contributed by atoms with van der Waals surface area (Å²) in [4.78, 5) is 17.5. The van der Waals surface area contributed by atoms with Gasteiger partial charge in [0.2, 0.25) is 0 Å². The average Bonchev–Trinajstić information content (AvgIpc) is 2.67. The van der Waals surface area contributed by atoms with Crippen LogP contribution >= 0.6 is 0 Å². The summed E-state index contributed by atoms with van der Waals surface area (Å²) in [5.74, 6) is 0. The molecule has 3 heteroatoms. The molecule has 0 N–H and O–H groups in total. The summed E-state index contributed by atoms with van der Waals surface area (Å²) in [5, 5.41) is 1.60. The first kappa shape index (κ1) is 13.9. The minimum Gasteiger partial charge on any atom is -0.306 e. The zero-order valence-corrected chi connectivity index (χ0v) is 13.4. The van der Waals surface area contributed by atoms with Gasteiger partial charge in [-0.1, -0.05) is 54.6 Å². The van der Waals surface area contributed by atoms with Gasteiger partial charge in [0.25, 0.3) is 0 Å². The van der Waals surface area contributed by atoms with Crippen LogP contribution in [0, 0.1) is 0 Å². The van der Waals surface area contributed by atoms with Gasteiger partial charge in [0.05, 0.1) is 22.4 Å². The molecule has 0 aromatic heterocycles. The maximum Gasteiger partial charge on any atom is 0.188 e. The fourth-order valence-corrected chi connectivity index (χ4v) is 3.45. The minimum absolute atomic E-state index is 0.0184. The molecule has 25 heavy (non-hydrogen) atoms. The van der Waals surface area contributed by atoms with Crippen LogP contribution in [0.1, 0.15) is 0 Å². The van der Waals surface area contributed by atoms with E-state index in [1.54, 1.807) is 6.07 Å². The summed E-state index contributed by atoms with van der Waals surface area (Å²) in [6.07, 6.45) is 0. The molecule has 3 aromatic rings. The first-order valence-electron chi connectivity index (χ1n) is 8.21. The van der Waals surface area contributed by atoms with Crippen molar-refractivity contribution in [2.45, 2.75) is 0 Å². The van der Waals surface area contributed by atoms with Crippen molar-refractivity contribution in [2.75, 3.05) is 0 Å². The Morgan fingerprint density at radius 2 is 1.40 bits per heavy atom. The number of para-hydroxylation sites is 3. The molecule has 118 valence electrons. The molecule has 0 saturated heterocycles. The molecule has 1 heterocycles. The van der Waals surface area contributed by atoms with Crippen molar-refractivity contribution in [1.29, 1.82) is 0 Å². The summed E-state index contributed by atoms with van der Waals surface area (Å²) in [6, 6.07) is 27.5. The number of nitrogens with zero attached hydrogens (tertiary/aromatic N) is 2. The van der Waals surface area contributed by atoms with Crippen LogP contribution in [-0.4, -0.2) is 9.55 Å². The van der Waals surface area contributed by atoms with Gasteiger partial charge in [-0.05, 0) is 24.3 Å². The lowest BCUT2D eigenvalue weighted by molar-refractivity contribution is 1.08. The molecular weight excluding hydrogens is 308 g/mol. The van der Waals surface area contributed by atoms with E-state index < -0.39 is 0 Å². The highest BCUT2D eigenvalue weighted by atomic mass is 16.1. The number of rotatable bonds is 1. The second kappa shape index (κ2) is 5.28. The Morgan fingerprint density at radius 1 is 0.720 bits per heavy atom. The highest BCUT2D eigenvalue weighted by Gasteiger charge is 2.18. The number of hydrogen-bond acceptors (Lipinski definition) is 2. The minimum atomic E-state index is 0.0184. The molecule has 0 spiro atoms. The van der Waals surface area contributed by atoms with Gasteiger partial charge >= 0.3 is 0 Å². The number of fused-ring (bicyclic) bond motifs is 4. The molecule has 0 amide bonds. The quantitative estimate of drug-likeness (QED) is 0.333. The predicted octanol–water partition coefficient (Wildman–Crippen LogP) is 4.64. The molecule has 1 aliphatic heterocycles. The van der Waals surface area contributed by atoms with Crippen molar-refractivity contribution in [3.63, 3.8) is 0 Å². The summed E-state index contributed by atoms with van der Waals surface area (Å²) >= 11 is 0. The van der Waals surface area contributed by atoms with Crippen molar-refractivity contribution < 1.29 is 0 Å². The van der Waals surface area contributed by atoms with Crippen LogP contribution in [-0.2, 0) is 0 Å². The molecule has 0 unspecified atom stereocenters. The van der Waals surface area contributed by atoms with Crippen LogP contribution < -0.4 is 5.43 Å². The van der Waals surface area contributed by atoms with Gasteiger partial charge in [0, 0.05) is 22.5 Å². The highest BCUT2D eigenvalue weighted by molar-refractivity contribution is 5.98. The molecule has 5 rings (SSSR count). The summed E-state index contributed by atoms with van der Waals surface area (Å²) in [7, 11) is 0. The Labute approximate surface area is 144 Å². The van der Waals surface area contributed by atoms with Crippen LogP contribution in [0.5, 0.6) is 0 Å². The second-order valence-electron chi connectivity index (χ2n) is 6.06. The van der Waals surface area contributed by atoms with Crippen LogP contribution in [0.15, 0.2) is 89.7 Å². The monoisotopic (exact) mass is 322 g/mol. The van der Waals surface area contributed by atoms with Gasteiger partial charge in [-0.25, -0.2) is 4.98 Å². The van der Waals surface area contributed by atoms with Gasteiger partial charge < -0.3 is 4.57 Å². The highest BCUT2D eigenvalue weighted by Crippen LogP contribution is 2.32. The molecule has 1 aliphatic carbocycles. The van der Waals surface area contributed by atoms with Crippen LogP contribution in [0.4, 0.5) is 0 Å². The topological polar surface area (TPSA) is 34.9 Å². The van der Waals surface area contributed by atoms with E-state index in [-0.39, 0.29) is 5.43 Å². The van der Waals surface area contributed by atoms with Crippen molar-refractivity contribution in [3.8, 4) is 17.1 Å². The Morgan fingerprint density at radius 3 is 2.24 bits per heavy atom. The number of aromatic nitrogens is 2. The van der Waals surface area contributed by atoms with E-state index in [9.17, 15) is 4.79 Å². The first-order valence-corrected chi connectivity index (χ1v) is 8.21. The maximum atomic E-state index is 12.7. The van der Waals surface area contributed by atoms with Gasteiger partial charge in [0.1, 0.15) is 0 Å². The molecule has 0 bridgehead atoms. The van der Waals surface area contributed by atoms with E-state index in [0.717, 1.165) is 33.5 Å². The van der Waals surface area contributed by atoms with Crippen molar-refractivity contribution in [2.24, 2.45) is 0 Å². The summed E-state index contributed by atoms with van der Waals surface area (Å²) < 4.78 is 2.12. The molecule has 3 aromatic carbocycles. The fourth-order valence-electron chi connectivity index (χ4n) is 3.45. The van der Waals surface area contributed by atoms with E-state index in [4.69, 9.17) is 4.98 Å². The van der Waals surface area contributed by atoms with E-state index in [2.05, 4.69) is 4.57 Å². The first-order chi connectivity index (χ1) is 12.3. The van der Waals surface area contributed by atoms with Crippen LogP contribution in [0.25, 0.3) is 38.9 Å². The van der Waals surface area contributed by atoms with Crippen molar-refractivity contribution >= 4 is 21.8 Å². The Kier molecular flexibility index (Phi) is 2.94. The third-order valence-corrected chi connectivity index (χ3v) is 4.57. The lowest BCUT2D eigenvalue weighted by Gasteiger charge is -2.19. The van der Waals surface area contributed by atoms with Crippen molar-refractivity contribution in [1.82, 2.24) is 9.55 Å². The second-order valence-corrected chi connectivity index (χ2v) is 6.06. The third-order valence-electron chi connectivity index (χ3n) is 4.57. The summed E-state index contributed by atoms with van der Waals surface area (Å²) in [5.41, 5.74) is 4.59. The zero-order valence-electron chi connectivity index (χ0n) is 13.4. The fraction of sp³-hybridized carbons (Fsp3) is 0. The third kappa shape index (κ3) is 2.06. The molecule has 2 aliphatic rings. The Hall–Kier alpha value is -3.46. The van der Waals surface area contributed by atoms with Gasteiger partial charge in [-0.15, -0.1) is 0 Å². The summed E-state index contributed by atoms with van der Waals surface area (Å²) in [6.45, 7) is 0. The van der Waals surface area contributed by atoms with Crippen LogP contribution in [0.3, 0.4) is 0 Å². The average molecular weight is 322 g/mol. The normalized spacial score (nSPS) is 11.4. The molecule has 0 atom stereocenters. The molecule has 0 saturated carbocycles. The number of benzene rings is 4. The maximum absolute atomic E-state index is 12.7. The lowest BCUT2D eigenvalue weighted by atomic mass is 10.0. The van der Waals surface area contributed by atoms with E-state index in [0.29, 0.717) is 5.39 Å². The largest absolute Gasteiger partial charge is 0.306 e. The van der Waals surface area contributed by atoms with Gasteiger partial charge in [0.15, 0.2) is 5.43 Å².